The lowest BCUT2D eigenvalue weighted by molar-refractivity contribution is -0.0658. The van der Waals surface area contributed by atoms with Crippen molar-refractivity contribution in [1.82, 2.24) is 5.32 Å². The van der Waals surface area contributed by atoms with E-state index in [4.69, 9.17) is 0 Å². The van der Waals surface area contributed by atoms with Crippen LogP contribution in [-0.4, -0.2) is 19.0 Å². The summed E-state index contributed by atoms with van der Waals surface area (Å²) in [4.78, 5) is 0. The van der Waals surface area contributed by atoms with E-state index in [0.717, 1.165) is 6.54 Å². The molecule has 1 nitrogen and oxygen atoms in total. The molecule has 0 aliphatic carbocycles. The summed E-state index contributed by atoms with van der Waals surface area (Å²) in [5.41, 5.74) is 0. The molecule has 62 valence electrons. The fraction of sp³-hybridized carbons (Fsp3) is 1.00. The van der Waals surface area contributed by atoms with Gasteiger partial charge in [0.2, 0.25) is 0 Å². The van der Waals surface area contributed by atoms with E-state index >= 15 is 0 Å². The second-order valence-electron chi connectivity index (χ2n) is 2.63. The Labute approximate surface area is 65.6 Å². The number of rotatable bonds is 0. The maximum absolute atomic E-state index is 12.5. The lowest BCUT2D eigenvalue weighted by Gasteiger charge is -2.28. The first kappa shape index (κ1) is 10.1. The second kappa shape index (κ2) is 3.49. The third-order valence-electron chi connectivity index (χ3n) is 1.84. The van der Waals surface area contributed by atoms with Crippen LogP contribution < -0.4 is 5.32 Å². The molecular weight excluding hydrogens is 160 g/mol. The standard InChI is InChI=1S/C6H11F2N.ClH/c1-5-2-3-9-4-6(5,7)8;/h5,9H,2-4H2,1H3;1H/t5-;/m0./s1. The Morgan fingerprint density at radius 3 is 2.40 bits per heavy atom. The summed E-state index contributed by atoms with van der Waals surface area (Å²) in [5, 5.41) is 2.66. The molecule has 1 aliphatic rings. The molecule has 1 atom stereocenters. The van der Waals surface area contributed by atoms with E-state index in [2.05, 4.69) is 5.32 Å². The average Bonchev–Trinajstić information content (AvgIpc) is 1.77. The van der Waals surface area contributed by atoms with Crippen LogP contribution in [0.4, 0.5) is 8.78 Å². The number of piperidine rings is 1. The molecule has 1 aliphatic heterocycles. The smallest absolute Gasteiger partial charge is 0.262 e. The molecule has 0 aromatic rings. The summed E-state index contributed by atoms with van der Waals surface area (Å²) in [6.45, 7) is 2.19. The van der Waals surface area contributed by atoms with Gasteiger partial charge in [0.05, 0.1) is 6.54 Å². The van der Waals surface area contributed by atoms with Gasteiger partial charge >= 0.3 is 0 Å². The molecule has 0 aromatic heterocycles. The van der Waals surface area contributed by atoms with Crippen molar-refractivity contribution in [2.24, 2.45) is 5.92 Å². The Bertz CT molecular complexity index is 108. The van der Waals surface area contributed by atoms with E-state index < -0.39 is 11.8 Å². The van der Waals surface area contributed by atoms with Gasteiger partial charge in [-0.3, -0.25) is 0 Å². The number of hydrogen-bond acceptors (Lipinski definition) is 1. The summed E-state index contributed by atoms with van der Waals surface area (Å²) < 4.78 is 25.1. The van der Waals surface area contributed by atoms with Crippen LogP contribution in [0.1, 0.15) is 13.3 Å². The van der Waals surface area contributed by atoms with E-state index in [1.165, 1.54) is 0 Å². The molecule has 0 amide bonds. The van der Waals surface area contributed by atoms with Crippen molar-refractivity contribution < 1.29 is 8.78 Å². The number of nitrogens with one attached hydrogen (secondary N) is 1. The number of hydrogen-bond donors (Lipinski definition) is 1. The van der Waals surface area contributed by atoms with E-state index in [1.54, 1.807) is 6.92 Å². The summed E-state index contributed by atoms with van der Waals surface area (Å²) >= 11 is 0. The van der Waals surface area contributed by atoms with Crippen molar-refractivity contribution in [3.8, 4) is 0 Å². The molecule has 1 heterocycles. The third-order valence-corrected chi connectivity index (χ3v) is 1.84. The normalized spacial score (nSPS) is 30.9. The molecular formula is C6H12ClF2N. The Morgan fingerprint density at radius 1 is 1.50 bits per heavy atom. The predicted octanol–water partition coefficient (Wildman–Crippen LogP) is 1.67. The maximum atomic E-state index is 12.5. The van der Waals surface area contributed by atoms with E-state index in [-0.39, 0.29) is 19.0 Å². The van der Waals surface area contributed by atoms with E-state index in [1.807, 2.05) is 0 Å². The molecule has 10 heavy (non-hydrogen) atoms. The van der Waals surface area contributed by atoms with Gasteiger partial charge in [-0.05, 0) is 13.0 Å². The van der Waals surface area contributed by atoms with Gasteiger partial charge in [0.15, 0.2) is 0 Å². The van der Waals surface area contributed by atoms with Crippen LogP contribution in [-0.2, 0) is 0 Å². The first-order valence-corrected chi connectivity index (χ1v) is 3.21. The van der Waals surface area contributed by atoms with Gasteiger partial charge in [-0.15, -0.1) is 12.4 Å². The first-order valence-electron chi connectivity index (χ1n) is 3.21. The highest BCUT2D eigenvalue weighted by atomic mass is 35.5. The Balaban J connectivity index is 0.000000810. The van der Waals surface area contributed by atoms with Gasteiger partial charge in [0.25, 0.3) is 5.92 Å². The van der Waals surface area contributed by atoms with Crippen LogP contribution >= 0.6 is 12.4 Å². The van der Waals surface area contributed by atoms with E-state index in [9.17, 15) is 8.78 Å². The van der Waals surface area contributed by atoms with Crippen molar-refractivity contribution >= 4 is 12.4 Å². The molecule has 1 fully saturated rings. The van der Waals surface area contributed by atoms with Crippen molar-refractivity contribution in [3.63, 3.8) is 0 Å². The highest BCUT2D eigenvalue weighted by Crippen LogP contribution is 2.28. The number of halogens is 3. The highest BCUT2D eigenvalue weighted by Gasteiger charge is 2.37. The van der Waals surface area contributed by atoms with Crippen LogP contribution in [0.5, 0.6) is 0 Å². The molecule has 4 heteroatoms. The van der Waals surface area contributed by atoms with Gasteiger partial charge in [0.1, 0.15) is 0 Å². The number of alkyl halides is 2. The topological polar surface area (TPSA) is 12.0 Å². The molecule has 0 aromatic carbocycles. The van der Waals surface area contributed by atoms with Gasteiger partial charge in [0, 0.05) is 5.92 Å². The Morgan fingerprint density at radius 2 is 2.10 bits per heavy atom. The molecule has 0 radical (unpaired) electrons. The summed E-state index contributed by atoms with van der Waals surface area (Å²) in [6, 6.07) is 0. The molecule has 0 saturated carbocycles. The van der Waals surface area contributed by atoms with Gasteiger partial charge in [-0.25, -0.2) is 8.78 Å². The average molecular weight is 172 g/mol. The predicted molar refractivity (Wildman–Crippen MR) is 38.8 cm³/mol. The monoisotopic (exact) mass is 171 g/mol. The summed E-state index contributed by atoms with van der Waals surface area (Å²) in [6.07, 6.45) is 0.590. The highest BCUT2D eigenvalue weighted by molar-refractivity contribution is 5.85. The van der Waals surface area contributed by atoms with Gasteiger partial charge < -0.3 is 5.32 Å². The molecule has 1 N–H and O–H groups in total. The van der Waals surface area contributed by atoms with Crippen molar-refractivity contribution in [3.05, 3.63) is 0 Å². The second-order valence-corrected chi connectivity index (χ2v) is 2.63. The van der Waals surface area contributed by atoms with Crippen molar-refractivity contribution in [1.29, 1.82) is 0 Å². The van der Waals surface area contributed by atoms with Crippen LogP contribution in [0.25, 0.3) is 0 Å². The van der Waals surface area contributed by atoms with Crippen LogP contribution in [0.2, 0.25) is 0 Å². The van der Waals surface area contributed by atoms with Gasteiger partial charge in [-0.2, -0.15) is 0 Å². The first-order chi connectivity index (χ1) is 4.13. The quantitative estimate of drug-likeness (QED) is 0.585. The molecule has 0 bridgehead atoms. The zero-order valence-electron chi connectivity index (χ0n) is 5.86. The fourth-order valence-corrected chi connectivity index (χ4v) is 0.959. The van der Waals surface area contributed by atoms with Crippen molar-refractivity contribution in [2.45, 2.75) is 19.3 Å². The Kier molecular flexibility index (Phi) is 3.52. The zero-order chi connectivity index (χ0) is 6.91. The summed E-state index contributed by atoms with van der Waals surface area (Å²) in [7, 11) is 0. The van der Waals surface area contributed by atoms with Gasteiger partial charge in [-0.1, -0.05) is 6.92 Å². The fourth-order valence-electron chi connectivity index (χ4n) is 0.959. The maximum Gasteiger partial charge on any atom is 0.262 e. The minimum atomic E-state index is -2.47. The Hall–Kier alpha value is 0.110. The molecule has 0 spiro atoms. The van der Waals surface area contributed by atoms with Crippen LogP contribution in [0, 0.1) is 5.92 Å². The minimum absolute atomic E-state index is 0. The van der Waals surface area contributed by atoms with Crippen LogP contribution in [0.3, 0.4) is 0 Å². The molecule has 1 saturated heterocycles. The zero-order valence-corrected chi connectivity index (χ0v) is 6.68. The van der Waals surface area contributed by atoms with Crippen molar-refractivity contribution in [2.75, 3.05) is 13.1 Å². The SMILES string of the molecule is C[C@H]1CCNCC1(F)F.Cl. The van der Waals surface area contributed by atoms with Crippen LogP contribution in [0.15, 0.2) is 0 Å². The third kappa shape index (κ3) is 2.06. The molecule has 1 rings (SSSR count). The largest absolute Gasteiger partial charge is 0.311 e. The van der Waals surface area contributed by atoms with E-state index in [0.29, 0.717) is 6.42 Å². The summed E-state index contributed by atoms with van der Waals surface area (Å²) in [5.74, 6) is -2.92. The minimum Gasteiger partial charge on any atom is -0.311 e. The molecule has 0 unspecified atom stereocenters. The lowest BCUT2D eigenvalue weighted by atomic mass is 9.97. The lowest BCUT2D eigenvalue weighted by Crippen LogP contribution is -2.44.